The third-order valence-electron chi connectivity index (χ3n) is 3.08. The van der Waals surface area contributed by atoms with E-state index in [2.05, 4.69) is 58.6 Å². The van der Waals surface area contributed by atoms with E-state index in [1.807, 2.05) is 0 Å². The molecular weight excluding hydrogens is 214 g/mol. The van der Waals surface area contributed by atoms with Crippen LogP contribution in [-0.4, -0.2) is 23.6 Å². The third kappa shape index (κ3) is 5.58. The summed E-state index contributed by atoms with van der Waals surface area (Å²) >= 11 is 2.12. The standard InChI is InChI=1S/C14H29NS/c1-13(2,3)7-11-8-15-9-12(11)10-16-14(4,5)6/h11-12,15H,7-10H2,1-6H3. The molecule has 2 heteroatoms. The molecule has 1 heterocycles. The summed E-state index contributed by atoms with van der Waals surface area (Å²) in [6, 6.07) is 0. The van der Waals surface area contributed by atoms with Gasteiger partial charge < -0.3 is 5.32 Å². The molecule has 1 saturated heterocycles. The van der Waals surface area contributed by atoms with Crippen LogP contribution in [0.25, 0.3) is 0 Å². The van der Waals surface area contributed by atoms with Gasteiger partial charge in [-0.25, -0.2) is 0 Å². The summed E-state index contributed by atoms with van der Waals surface area (Å²) < 4.78 is 0.412. The topological polar surface area (TPSA) is 12.0 Å². The molecule has 2 unspecified atom stereocenters. The molecule has 1 nitrogen and oxygen atoms in total. The maximum atomic E-state index is 3.57. The SMILES string of the molecule is CC(C)(C)CC1CNCC1CSC(C)(C)C. The van der Waals surface area contributed by atoms with Gasteiger partial charge in [0.15, 0.2) is 0 Å². The van der Waals surface area contributed by atoms with Gasteiger partial charge >= 0.3 is 0 Å². The van der Waals surface area contributed by atoms with Crippen LogP contribution in [0.15, 0.2) is 0 Å². The molecule has 0 bridgehead atoms. The van der Waals surface area contributed by atoms with Gasteiger partial charge in [-0.05, 0) is 42.5 Å². The Morgan fingerprint density at radius 1 is 1.00 bits per heavy atom. The molecule has 0 aromatic carbocycles. The maximum absolute atomic E-state index is 3.57. The smallest absolute Gasteiger partial charge is 0.00752 e. The zero-order valence-electron chi connectivity index (χ0n) is 11.9. The van der Waals surface area contributed by atoms with E-state index < -0.39 is 0 Å². The predicted octanol–water partition coefficient (Wildman–Crippen LogP) is 3.79. The zero-order chi connectivity index (χ0) is 12.4. The molecule has 0 aromatic heterocycles. The molecular formula is C14H29NS. The fourth-order valence-electron chi connectivity index (χ4n) is 2.36. The normalized spacial score (nSPS) is 27.4. The van der Waals surface area contributed by atoms with Gasteiger partial charge in [-0.3, -0.25) is 0 Å². The van der Waals surface area contributed by atoms with Gasteiger partial charge in [-0.1, -0.05) is 41.5 Å². The second-order valence-corrected chi connectivity index (χ2v) is 9.21. The van der Waals surface area contributed by atoms with Crippen molar-refractivity contribution in [1.82, 2.24) is 5.32 Å². The lowest BCUT2D eigenvalue weighted by molar-refractivity contribution is 0.274. The molecule has 2 atom stereocenters. The minimum Gasteiger partial charge on any atom is -0.316 e. The second kappa shape index (κ2) is 5.30. The van der Waals surface area contributed by atoms with Gasteiger partial charge in [0.2, 0.25) is 0 Å². The highest BCUT2D eigenvalue weighted by Gasteiger charge is 2.31. The first-order valence-corrected chi connectivity index (χ1v) is 7.51. The van der Waals surface area contributed by atoms with Crippen LogP contribution in [0.3, 0.4) is 0 Å². The van der Waals surface area contributed by atoms with Crippen molar-refractivity contribution in [2.24, 2.45) is 17.3 Å². The Bertz CT molecular complexity index is 212. The van der Waals surface area contributed by atoms with E-state index >= 15 is 0 Å². The lowest BCUT2D eigenvalue weighted by Gasteiger charge is -2.28. The number of thioether (sulfide) groups is 1. The highest BCUT2D eigenvalue weighted by Crippen LogP contribution is 2.35. The van der Waals surface area contributed by atoms with Crippen molar-refractivity contribution in [2.75, 3.05) is 18.8 Å². The Kier molecular flexibility index (Phi) is 4.76. The fourth-order valence-corrected chi connectivity index (χ4v) is 3.47. The quantitative estimate of drug-likeness (QED) is 0.809. The molecule has 0 aromatic rings. The van der Waals surface area contributed by atoms with Crippen molar-refractivity contribution in [3.63, 3.8) is 0 Å². The number of hydrogen-bond acceptors (Lipinski definition) is 2. The lowest BCUT2D eigenvalue weighted by atomic mass is 9.81. The summed E-state index contributed by atoms with van der Waals surface area (Å²) in [4.78, 5) is 0. The first kappa shape index (κ1) is 14.4. The van der Waals surface area contributed by atoms with Crippen LogP contribution in [0.2, 0.25) is 0 Å². The minimum atomic E-state index is 0.412. The number of rotatable bonds is 3. The van der Waals surface area contributed by atoms with Crippen molar-refractivity contribution in [1.29, 1.82) is 0 Å². The Morgan fingerprint density at radius 3 is 2.06 bits per heavy atom. The largest absolute Gasteiger partial charge is 0.316 e. The van der Waals surface area contributed by atoms with E-state index in [0.29, 0.717) is 10.2 Å². The summed E-state index contributed by atoms with van der Waals surface area (Å²) in [7, 11) is 0. The monoisotopic (exact) mass is 243 g/mol. The summed E-state index contributed by atoms with van der Waals surface area (Å²) in [5.74, 6) is 3.08. The van der Waals surface area contributed by atoms with Crippen molar-refractivity contribution in [3.8, 4) is 0 Å². The summed E-state index contributed by atoms with van der Waals surface area (Å²) in [5, 5.41) is 3.57. The molecule has 0 amide bonds. The van der Waals surface area contributed by atoms with E-state index in [0.717, 1.165) is 11.8 Å². The van der Waals surface area contributed by atoms with Gasteiger partial charge in [-0.15, -0.1) is 0 Å². The van der Waals surface area contributed by atoms with E-state index in [9.17, 15) is 0 Å². The molecule has 0 saturated carbocycles. The van der Waals surface area contributed by atoms with E-state index in [1.165, 1.54) is 25.3 Å². The third-order valence-corrected chi connectivity index (χ3v) is 4.55. The van der Waals surface area contributed by atoms with Crippen LogP contribution >= 0.6 is 11.8 Å². The van der Waals surface area contributed by atoms with Crippen LogP contribution in [0.5, 0.6) is 0 Å². The fraction of sp³-hybridized carbons (Fsp3) is 1.00. The van der Waals surface area contributed by atoms with E-state index in [1.54, 1.807) is 0 Å². The molecule has 1 fully saturated rings. The molecule has 16 heavy (non-hydrogen) atoms. The second-order valence-electron chi connectivity index (χ2n) is 7.37. The van der Waals surface area contributed by atoms with Crippen molar-refractivity contribution < 1.29 is 0 Å². The molecule has 0 aliphatic carbocycles. The average molecular weight is 243 g/mol. The van der Waals surface area contributed by atoms with Gasteiger partial charge in [-0.2, -0.15) is 11.8 Å². The van der Waals surface area contributed by atoms with Gasteiger partial charge in [0.25, 0.3) is 0 Å². The number of hydrogen-bond donors (Lipinski definition) is 1. The number of nitrogens with one attached hydrogen (secondary N) is 1. The predicted molar refractivity (Wildman–Crippen MR) is 76.1 cm³/mol. The van der Waals surface area contributed by atoms with Crippen LogP contribution in [-0.2, 0) is 0 Å². The first-order valence-electron chi connectivity index (χ1n) is 6.52. The summed E-state index contributed by atoms with van der Waals surface area (Å²) in [6.45, 7) is 16.5. The zero-order valence-corrected chi connectivity index (χ0v) is 12.7. The van der Waals surface area contributed by atoms with Crippen LogP contribution in [0, 0.1) is 17.3 Å². The van der Waals surface area contributed by atoms with E-state index in [-0.39, 0.29) is 0 Å². The summed E-state index contributed by atoms with van der Waals surface area (Å²) in [6.07, 6.45) is 1.36. The maximum Gasteiger partial charge on any atom is 0.00752 e. The molecule has 0 spiro atoms. The molecule has 1 rings (SSSR count). The van der Waals surface area contributed by atoms with Crippen LogP contribution < -0.4 is 5.32 Å². The van der Waals surface area contributed by atoms with Crippen LogP contribution in [0.4, 0.5) is 0 Å². The molecule has 1 N–H and O–H groups in total. The van der Waals surface area contributed by atoms with Crippen molar-refractivity contribution in [2.45, 2.75) is 52.7 Å². The van der Waals surface area contributed by atoms with Crippen molar-refractivity contribution >= 4 is 11.8 Å². The Labute approximate surface area is 106 Å². The highest BCUT2D eigenvalue weighted by atomic mass is 32.2. The first-order chi connectivity index (χ1) is 7.17. The molecule has 1 aliphatic heterocycles. The summed E-state index contributed by atoms with van der Waals surface area (Å²) in [5.41, 5.74) is 0.474. The highest BCUT2D eigenvalue weighted by molar-refractivity contribution is 8.00. The Balaban J connectivity index is 2.41. The molecule has 96 valence electrons. The average Bonchev–Trinajstić information content (AvgIpc) is 2.44. The Morgan fingerprint density at radius 2 is 1.56 bits per heavy atom. The van der Waals surface area contributed by atoms with Gasteiger partial charge in [0, 0.05) is 4.75 Å². The van der Waals surface area contributed by atoms with Crippen LogP contribution in [0.1, 0.15) is 48.0 Å². The lowest BCUT2D eigenvalue weighted by Crippen LogP contribution is -2.23. The van der Waals surface area contributed by atoms with Gasteiger partial charge in [0.1, 0.15) is 0 Å². The molecule has 1 aliphatic rings. The minimum absolute atomic E-state index is 0.412. The molecule has 0 radical (unpaired) electrons. The van der Waals surface area contributed by atoms with Crippen molar-refractivity contribution in [3.05, 3.63) is 0 Å². The van der Waals surface area contributed by atoms with E-state index in [4.69, 9.17) is 0 Å². The Hall–Kier alpha value is 0.310. The van der Waals surface area contributed by atoms with Gasteiger partial charge in [0.05, 0.1) is 0 Å².